The van der Waals surface area contributed by atoms with Gasteiger partial charge in [-0.15, -0.1) is 0 Å². The number of hydrogen-bond donors (Lipinski definition) is 4. The summed E-state index contributed by atoms with van der Waals surface area (Å²) in [6, 6.07) is 13.6. The quantitative estimate of drug-likeness (QED) is 0.134. The van der Waals surface area contributed by atoms with E-state index in [0.717, 1.165) is 43.5 Å². The van der Waals surface area contributed by atoms with Crippen molar-refractivity contribution in [3.63, 3.8) is 0 Å². The Balaban J connectivity index is 1.18. The summed E-state index contributed by atoms with van der Waals surface area (Å²) in [5, 5.41) is 14.1. The van der Waals surface area contributed by atoms with Crippen LogP contribution >= 0.6 is 23.2 Å². The van der Waals surface area contributed by atoms with Crippen molar-refractivity contribution in [2.24, 2.45) is 0 Å². The Labute approximate surface area is 307 Å². The van der Waals surface area contributed by atoms with Crippen molar-refractivity contribution >= 4 is 46.5 Å². The number of piperidine rings is 1. The third-order valence-corrected chi connectivity index (χ3v) is 10.1. The number of amides is 2. The van der Waals surface area contributed by atoms with E-state index in [2.05, 4.69) is 31.2 Å². The van der Waals surface area contributed by atoms with Gasteiger partial charge >= 0.3 is 0 Å². The fourth-order valence-corrected chi connectivity index (χ4v) is 7.08. The maximum absolute atomic E-state index is 11.7. The predicted octanol–water partition coefficient (Wildman–Crippen LogP) is 5.74. The number of nitrogens with one attached hydrogen (secondary N) is 4. The molecule has 14 heteroatoms. The molecule has 0 bridgehead atoms. The molecule has 268 valence electrons. The molecule has 12 nitrogen and oxygen atoms in total. The number of halogens is 2. The summed E-state index contributed by atoms with van der Waals surface area (Å²) in [6.45, 7) is 4.91. The van der Waals surface area contributed by atoms with Crippen LogP contribution < -0.4 is 30.7 Å². The maximum Gasteiger partial charge on any atom is 0.220 e. The zero-order valence-electron chi connectivity index (χ0n) is 28.9. The van der Waals surface area contributed by atoms with Gasteiger partial charge in [0.05, 0.1) is 41.3 Å². The zero-order valence-corrected chi connectivity index (χ0v) is 30.4. The molecule has 0 saturated carbocycles. The van der Waals surface area contributed by atoms with Crippen molar-refractivity contribution in [2.75, 3.05) is 39.2 Å². The summed E-state index contributed by atoms with van der Waals surface area (Å²) in [7, 11) is 3.20. The topological polar surface area (TPSA) is 143 Å². The van der Waals surface area contributed by atoms with Crippen LogP contribution in [0.5, 0.6) is 11.6 Å². The van der Waals surface area contributed by atoms with Crippen molar-refractivity contribution in [3.05, 3.63) is 76.0 Å². The molecule has 0 spiro atoms. The number of ether oxygens (including phenoxy) is 2. The van der Waals surface area contributed by atoms with Gasteiger partial charge in [-0.25, -0.2) is 9.97 Å². The van der Waals surface area contributed by atoms with Gasteiger partial charge in [0.15, 0.2) is 11.6 Å². The fourth-order valence-electron chi connectivity index (χ4n) is 6.51. The molecule has 4 aromatic rings. The number of methoxy groups -OCH3 is 2. The molecule has 2 amide bonds. The number of carbonyl (C=O) groups is 2. The van der Waals surface area contributed by atoms with E-state index in [-0.39, 0.29) is 17.9 Å². The predicted molar refractivity (Wildman–Crippen MR) is 199 cm³/mol. The van der Waals surface area contributed by atoms with Gasteiger partial charge < -0.3 is 35.6 Å². The Morgan fingerprint density at radius 1 is 0.941 bits per heavy atom. The Morgan fingerprint density at radius 3 is 2.47 bits per heavy atom. The van der Waals surface area contributed by atoms with E-state index in [1.165, 1.54) is 0 Å². The standard InChI is InChI=1S/C37H42Cl2N8O4/c1-22(48)47-17-13-25(14-18-47)43-20-23-11-15-42-36(35(23)50-2)45-30-6-4-5-28(32(30)38)34-33(39)27(12-16-41-34)29-9-7-24(37(46-29)51-3)19-40-21-26-8-10-31(49)44-26/h4-7,9,11-12,15-16,25-26,40,43H,8,10,13-14,17-21H2,1-3H3,(H,42,45)(H,44,49)/t26-/m1/s1. The van der Waals surface area contributed by atoms with E-state index in [1.807, 2.05) is 47.4 Å². The lowest BCUT2D eigenvalue weighted by Gasteiger charge is -2.32. The minimum Gasteiger partial charge on any atom is -0.493 e. The highest BCUT2D eigenvalue weighted by atomic mass is 35.5. The van der Waals surface area contributed by atoms with E-state index >= 15 is 0 Å². The summed E-state index contributed by atoms with van der Waals surface area (Å²) in [4.78, 5) is 39.0. The molecule has 6 rings (SSSR count). The third kappa shape index (κ3) is 8.53. The third-order valence-electron chi connectivity index (χ3n) is 9.31. The van der Waals surface area contributed by atoms with Gasteiger partial charge in [-0.3, -0.25) is 14.6 Å². The lowest BCUT2D eigenvalue weighted by atomic mass is 10.0. The summed E-state index contributed by atoms with van der Waals surface area (Å²) in [6.07, 6.45) is 6.60. The Hall–Kier alpha value is -4.49. The number of pyridine rings is 3. The second-order valence-electron chi connectivity index (χ2n) is 12.6. The number of rotatable bonds is 13. The molecular weight excluding hydrogens is 691 g/mol. The minimum atomic E-state index is 0.0923. The molecule has 3 aromatic heterocycles. The van der Waals surface area contributed by atoms with Gasteiger partial charge in [0, 0.05) is 92.8 Å². The number of hydrogen-bond acceptors (Lipinski definition) is 10. The van der Waals surface area contributed by atoms with Crippen LogP contribution in [0.2, 0.25) is 10.0 Å². The smallest absolute Gasteiger partial charge is 0.220 e. The summed E-state index contributed by atoms with van der Waals surface area (Å²) >= 11 is 14.1. The number of carbonyl (C=O) groups excluding carboxylic acids is 2. The van der Waals surface area contributed by atoms with Crippen LogP contribution in [0.3, 0.4) is 0 Å². The van der Waals surface area contributed by atoms with E-state index in [9.17, 15) is 9.59 Å². The van der Waals surface area contributed by atoms with Crippen LogP contribution in [0.1, 0.15) is 43.7 Å². The summed E-state index contributed by atoms with van der Waals surface area (Å²) in [5.41, 5.74) is 4.88. The molecule has 1 atom stereocenters. The highest BCUT2D eigenvalue weighted by molar-refractivity contribution is 6.39. The fraction of sp³-hybridized carbons (Fsp3) is 0.378. The average molecular weight is 734 g/mol. The highest BCUT2D eigenvalue weighted by Crippen LogP contribution is 2.41. The average Bonchev–Trinajstić information content (AvgIpc) is 3.56. The van der Waals surface area contributed by atoms with Crippen molar-refractivity contribution in [2.45, 2.75) is 57.8 Å². The zero-order chi connectivity index (χ0) is 35.9. The van der Waals surface area contributed by atoms with Crippen LogP contribution in [0.25, 0.3) is 22.5 Å². The molecule has 2 saturated heterocycles. The monoisotopic (exact) mass is 732 g/mol. The maximum atomic E-state index is 11.7. The summed E-state index contributed by atoms with van der Waals surface area (Å²) in [5.74, 6) is 1.82. The van der Waals surface area contributed by atoms with E-state index in [1.54, 1.807) is 33.5 Å². The number of anilines is 2. The molecule has 2 fully saturated rings. The number of benzene rings is 1. The van der Waals surface area contributed by atoms with Gasteiger partial charge in [0.25, 0.3) is 0 Å². The normalized spacial score (nSPS) is 16.2. The molecule has 4 N–H and O–H groups in total. The molecule has 0 unspecified atom stereocenters. The molecule has 51 heavy (non-hydrogen) atoms. The second kappa shape index (κ2) is 16.7. The Bertz CT molecular complexity index is 1890. The van der Waals surface area contributed by atoms with Gasteiger partial charge in [-0.05, 0) is 43.5 Å². The van der Waals surface area contributed by atoms with Crippen molar-refractivity contribution in [1.82, 2.24) is 35.8 Å². The highest BCUT2D eigenvalue weighted by Gasteiger charge is 2.23. The molecule has 0 radical (unpaired) electrons. The number of likely N-dealkylation sites (tertiary alicyclic amines) is 1. The van der Waals surface area contributed by atoms with Crippen LogP contribution in [0, 0.1) is 0 Å². The first kappa shape index (κ1) is 36.3. The Kier molecular flexibility index (Phi) is 11.9. The largest absolute Gasteiger partial charge is 0.493 e. The first-order valence-corrected chi connectivity index (χ1v) is 17.8. The molecular formula is C37H42Cl2N8O4. The van der Waals surface area contributed by atoms with Gasteiger partial charge in [0.1, 0.15) is 0 Å². The second-order valence-corrected chi connectivity index (χ2v) is 13.4. The van der Waals surface area contributed by atoms with Gasteiger partial charge in [-0.1, -0.05) is 41.4 Å². The van der Waals surface area contributed by atoms with Crippen LogP contribution in [0.4, 0.5) is 11.5 Å². The molecule has 5 heterocycles. The molecule has 1 aromatic carbocycles. The lowest BCUT2D eigenvalue weighted by molar-refractivity contribution is -0.130. The van der Waals surface area contributed by atoms with Crippen LogP contribution in [-0.4, -0.2) is 77.6 Å². The lowest BCUT2D eigenvalue weighted by Crippen LogP contribution is -2.43. The minimum absolute atomic E-state index is 0.0923. The SMILES string of the molecule is COc1nc(-c2ccnc(-c3cccc(Nc4nccc(CNC5CCN(C(C)=O)CC5)c4OC)c3Cl)c2Cl)ccc1CNC[C@H]1CCC(=O)N1. The van der Waals surface area contributed by atoms with Crippen LogP contribution in [-0.2, 0) is 22.7 Å². The first-order chi connectivity index (χ1) is 24.7. The van der Waals surface area contributed by atoms with Gasteiger partial charge in [-0.2, -0.15) is 0 Å². The number of nitrogens with zero attached hydrogens (tertiary/aromatic N) is 4. The van der Waals surface area contributed by atoms with Crippen molar-refractivity contribution in [1.29, 1.82) is 0 Å². The van der Waals surface area contributed by atoms with Crippen molar-refractivity contribution < 1.29 is 19.1 Å². The first-order valence-electron chi connectivity index (χ1n) is 17.0. The molecule has 0 aliphatic carbocycles. The Morgan fingerprint density at radius 2 is 1.75 bits per heavy atom. The number of aromatic nitrogens is 3. The van der Waals surface area contributed by atoms with Gasteiger partial charge in [0.2, 0.25) is 17.7 Å². The van der Waals surface area contributed by atoms with Crippen molar-refractivity contribution in [3.8, 4) is 34.1 Å². The molecule has 2 aliphatic heterocycles. The van der Waals surface area contributed by atoms with E-state index in [4.69, 9.17) is 37.7 Å². The summed E-state index contributed by atoms with van der Waals surface area (Å²) < 4.78 is 11.5. The van der Waals surface area contributed by atoms with Crippen LogP contribution in [0.15, 0.2) is 54.9 Å². The van der Waals surface area contributed by atoms with E-state index in [0.29, 0.717) is 87.8 Å². The van der Waals surface area contributed by atoms with E-state index < -0.39 is 0 Å². The molecule has 2 aliphatic rings.